The van der Waals surface area contributed by atoms with E-state index in [1.807, 2.05) is 20.2 Å². The Morgan fingerprint density at radius 1 is 1.45 bits per heavy atom. The minimum Gasteiger partial charge on any atom is -0.449 e. The summed E-state index contributed by atoms with van der Waals surface area (Å²) in [6, 6.07) is 0. The quantitative estimate of drug-likeness (QED) is 0.695. The smallest absolute Gasteiger partial charge is 0.407 e. The molecule has 1 rings (SSSR count). The van der Waals surface area contributed by atoms with Crippen molar-refractivity contribution in [2.24, 2.45) is 11.8 Å². The summed E-state index contributed by atoms with van der Waals surface area (Å²) in [5.41, 5.74) is 0. The molecule has 22 heavy (non-hydrogen) atoms. The van der Waals surface area contributed by atoms with Gasteiger partial charge in [-0.25, -0.2) is 4.79 Å². The van der Waals surface area contributed by atoms with Gasteiger partial charge in [-0.2, -0.15) is 0 Å². The average Bonchev–Trinajstić information content (AvgIpc) is 2.48. The van der Waals surface area contributed by atoms with E-state index in [-0.39, 0.29) is 24.3 Å². The fourth-order valence-corrected chi connectivity index (χ4v) is 2.71. The van der Waals surface area contributed by atoms with Gasteiger partial charge < -0.3 is 20.3 Å². The summed E-state index contributed by atoms with van der Waals surface area (Å²) in [5, 5.41) is 6.08. The summed E-state index contributed by atoms with van der Waals surface area (Å²) < 4.78 is 5.23. The van der Waals surface area contributed by atoms with Crippen molar-refractivity contribution in [2.45, 2.75) is 19.3 Å². The fourth-order valence-electron chi connectivity index (χ4n) is 2.42. The topological polar surface area (TPSA) is 70.7 Å². The lowest BCUT2D eigenvalue weighted by Crippen LogP contribution is -2.37. The first-order valence-electron chi connectivity index (χ1n) is 7.55. The summed E-state index contributed by atoms with van der Waals surface area (Å²) in [5.74, 6) is -0.320. The number of hydrogen-bond acceptors (Lipinski definition) is 4. The molecule has 2 N–H and O–H groups in total. The zero-order valence-corrected chi connectivity index (χ0v) is 14.3. The summed E-state index contributed by atoms with van der Waals surface area (Å²) in [7, 11) is 5.58. The molecule has 0 saturated carbocycles. The number of nitrogens with zero attached hydrogens (tertiary/aromatic N) is 1. The molecule has 0 aromatic heterocycles. The molecule has 6 nitrogen and oxygen atoms in total. The molecule has 0 radical (unpaired) electrons. The lowest BCUT2D eigenvalue weighted by atomic mass is 9.83. The van der Waals surface area contributed by atoms with Crippen LogP contribution in [0.5, 0.6) is 0 Å². The van der Waals surface area contributed by atoms with Gasteiger partial charge in [0.2, 0.25) is 5.91 Å². The lowest BCUT2D eigenvalue weighted by Gasteiger charge is -2.28. The Bertz CT molecular complexity index is 413. The molecule has 0 aromatic carbocycles. The van der Waals surface area contributed by atoms with Crippen LogP contribution in [0, 0.1) is 11.8 Å². The largest absolute Gasteiger partial charge is 0.449 e. The molecule has 0 fully saturated rings. The van der Waals surface area contributed by atoms with Crippen LogP contribution in [0.15, 0.2) is 11.1 Å². The van der Waals surface area contributed by atoms with E-state index in [0.717, 1.165) is 18.0 Å². The molecule has 0 heterocycles. The first-order valence-corrected chi connectivity index (χ1v) is 7.93. The number of halogens is 1. The van der Waals surface area contributed by atoms with Crippen LogP contribution in [0.4, 0.5) is 4.79 Å². The third-order valence-corrected chi connectivity index (χ3v) is 3.99. The standard InChI is InChI=1S/C15H26ClN3O3/c1-17-14(20)13-6-5-12(16)9-11(13)10-22-15(21)18-7-4-8-19(2)3/h5,11,13H,4,6-10H2,1-3H3,(H,17,20)(H,18,21). The fraction of sp³-hybridized carbons (Fsp3) is 0.733. The second-order valence-corrected chi connectivity index (χ2v) is 6.24. The number of nitrogens with one attached hydrogen (secondary N) is 2. The average molecular weight is 332 g/mol. The molecule has 1 aliphatic carbocycles. The van der Waals surface area contributed by atoms with Crippen molar-refractivity contribution >= 4 is 23.6 Å². The van der Waals surface area contributed by atoms with Gasteiger partial charge in [0, 0.05) is 30.5 Å². The molecular weight excluding hydrogens is 306 g/mol. The first kappa shape index (κ1) is 18.8. The highest BCUT2D eigenvalue weighted by atomic mass is 35.5. The number of carbonyl (C=O) groups excluding carboxylic acids is 2. The van der Waals surface area contributed by atoms with Crippen molar-refractivity contribution < 1.29 is 14.3 Å². The zero-order chi connectivity index (χ0) is 16.5. The highest BCUT2D eigenvalue weighted by molar-refractivity contribution is 6.29. The summed E-state index contributed by atoms with van der Waals surface area (Å²) in [6.07, 6.45) is 3.42. The van der Waals surface area contributed by atoms with Crippen molar-refractivity contribution in [2.75, 3.05) is 40.8 Å². The number of allylic oxidation sites excluding steroid dienone is 2. The van der Waals surface area contributed by atoms with Crippen LogP contribution >= 0.6 is 11.6 Å². The molecule has 1 aliphatic rings. The number of alkyl carbamates (subject to hydrolysis) is 1. The highest BCUT2D eigenvalue weighted by Gasteiger charge is 2.31. The number of rotatable bonds is 7. The van der Waals surface area contributed by atoms with Gasteiger partial charge >= 0.3 is 6.09 Å². The van der Waals surface area contributed by atoms with Crippen LogP contribution in [0.3, 0.4) is 0 Å². The predicted octanol–water partition coefficient (Wildman–Crippen LogP) is 1.56. The van der Waals surface area contributed by atoms with Gasteiger partial charge in [0.1, 0.15) is 0 Å². The van der Waals surface area contributed by atoms with E-state index in [2.05, 4.69) is 15.5 Å². The van der Waals surface area contributed by atoms with E-state index in [0.29, 0.717) is 19.4 Å². The second-order valence-electron chi connectivity index (χ2n) is 5.75. The van der Waals surface area contributed by atoms with Gasteiger partial charge in [-0.3, -0.25) is 4.79 Å². The Balaban J connectivity index is 2.35. The van der Waals surface area contributed by atoms with E-state index in [1.165, 1.54) is 0 Å². The Labute approximate surface area is 137 Å². The summed E-state index contributed by atoms with van der Waals surface area (Å²) in [6.45, 7) is 1.67. The van der Waals surface area contributed by atoms with Gasteiger partial charge in [-0.15, -0.1) is 0 Å². The number of ether oxygens (including phenoxy) is 1. The van der Waals surface area contributed by atoms with Gasteiger partial charge in [0.25, 0.3) is 0 Å². The van der Waals surface area contributed by atoms with E-state index in [9.17, 15) is 9.59 Å². The van der Waals surface area contributed by atoms with Gasteiger partial charge in [-0.1, -0.05) is 17.7 Å². The van der Waals surface area contributed by atoms with Crippen molar-refractivity contribution in [3.05, 3.63) is 11.1 Å². The normalized spacial score (nSPS) is 21.2. The molecule has 2 amide bonds. The van der Waals surface area contributed by atoms with Crippen molar-refractivity contribution in [3.8, 4) is 0 Å². The molecule has 0 saturated heterocycles. The molecule has 0 aromatic rings. The minimum absolute atomic E-state index is 0.0413. The summed E-state index contributed by atoms with van der Waals surface area (Å²) >= 11 is 6.04. The van der Waals surface area contributed by atoms with Crippen molar-refractivity contribution in [1.82, 2.24) is 15.5 Å². The molecule has 126 valence electrons. The molecule has 2 unspecified atom stereocenters. The maximum atomic E-state index is 11.9. The monoisotopic (exact) mass is 331 g/mol. The van der Waals surface area contributed by atoms with Crippen molar-refractivity contribution in [3.63, 3.8) is 0 Å². The lowest BCUT2D eigenvalue weighted by molar-refractivity contribution is -0.126. The molecule has 0 bridgehead atoms. The number of carbonyl (C=O) groups is 2. The molecule has 2 atom stereocenters. The van der Waals surface area contributed by atoms with E-state index < -0.39 is 6.09 Å². The molecule has 7 heteroatoms. The van der Waals surface area contributed by atoms with Crippen molar-refractivity contribution in [1.29, 1.82) is 0 Å². The van der Waals surface area contributed by atoms with Crippen LogP contribution in [0.25, 0.3) is 0 Å². The molecule has 0 aliphatic heterocycles. The second kappa shape index (κ2) is 9.69. The van der Waals surface area contributed by atoms with Crippen LogP contribution in [0.2, 0.25) is 0 Å². The Kier molecular flexibility index (Phi) is 8.27. The number of amides is 2. The maximum Gasteiger partial charge on any atom is 0.407 e. The van der Waals surface area contributed by atoms with E-state index in [1.54, 1.807) is 7.05 Å². The molecule has 0 spiro atoms. The zero-order valence-electron chi connectivity index (χ0n) is 13.5. The Morgan fingerprint density at radius 3 is 2.82 bits per heavy atom. The Hall–Kier alpha value is -1.27. The highest BCUT2D eigenvalue weighted by Crippen LogP contribution is 2.32. The van der Waals surface area contributed by atoms with Crippen LogP contribution in [-0.4, -0.2) is 57.7 Å². The van der Waals surface area contributed by atoms with E-state index in [4.69, 9.17) is 16.3 Å². The van der Waals surface area contributed by atoms with Crippen LogP contribution < -0.4 is 10.6 Å². The SMILES string of the molecule is CNC(=O)C1CC=C(Cl)CC1COC(=O)NCCCN(C)C. The van der Waals surface area contributed by atoms with E-state index >= 15 is 0 Å². The minimum atomic E-state index is -0.444. The van der Waals surface area contributed by atoms with Gasteiger partial charge in [-0.05, 0) is 39.9 Å². The third-order valence-electron chi connectivity index (χ3n) is 3.68. The molecular formula is C15H26ClN3O3. The van der Waals surface area contributed by atoms with Crippen LogP contribution in [-0.2, 0) is 9.53 Å². The number of hydrogen-bond donors (Lipinski definition) is 2. The Morgan fingerprint density at radius 2 is 2.18 bits per heavy atom. The maximum absolute atomic E-state index is 11.9. The first-order chi connectivity index (χ1) is 10.4. The summed E-state index contributed by atoms with van der Waals surface area (Å²) in [4.78, 5) is 25.6. The predicted molar refractivity (Wildman–Crippen MR) is 86.7 cm³/mol. The van der Waals surface area contributed by atoms with Gasteiger partial charge in [0.05, 0.1) is 6.61 Å². The van der Waals surface area contributed by atoms with Gasteiger partial charge in [0.15, 0.2) is 0 Å². The third kappa shape index (κ3) is 6.66. The van der Waals surface area contributed by atoms with Crippen LogP contribution in [0.1, 0.15) is 19.3 Å².